The van der Waals surface area contributed by atoms with Crippen molar-refractivity contribution < 1.29 is 12.8 Å². The predicted molar refractivity (Wildman–Crippen MR) is 149 cm³/mol. The summed E-state index contributed by atoms with van der Waals surface area (Å²) in [6.07, 6.45) is 2.11. The number of benzene rings is 1. The van der Waals surface area contributed by atoms with Crippen molar-refractivity contribution in [2.24, 2.45) is 0 Å². The average molecular weight is 587 g/mol. The van der Waals surface area contributed by atoms with Gasteiger partial charge in [-0.05, 0) is 55.2 Å². The fourth-order valence-electron chi connectivity index (χ4n) is 3.82. The van der Waals surface area contributed by atoms with E-state index in [0.29, 0.717) is 24.1 Å². The minimum atomic E-state index is -3.92. The first-order valence-electron chi connectivity index (χ1n) is 12.0. The molecule has 1 saturated heterocycles. The Morgan fingerprint density at radius 1 is 1.19 bits per heavy atom. The Labute approximate surface area is 229 Å². The molecule has 202 valence electrons. The van der Waals surface area contributed by atoms with Crippen molar-refractivity contribution in [3.63, 3.8) is 0 Å². The van der Waals surface area contributed by atoms with E-state index in [1.807, 2.05) is 0 Å². The molecule has 0 aliphatic carbocycles. The lowest BCUT2D eigenvalue weighted by molar-refractivity contribution is 0.253. The molecule has 0 bridgehead atoms. The minimum absolute atomic E-state index is 0.0102. The second kappa shape index (κ2) is 11.4. The van der Waals surface area contributed by atoms with Gasteiger partial charge < -0.3 is 4.43 Å². The van der Waals surface area contributed by atoms with Gasteiger partial charge in [0, 0.05) is 13.1 Å². The van der Waals surface area contributed by atoms with Crippen molar-refractivity contribution in [1.82, 2.24) is 14.1 Å². The molecule has 0 saturated carbocycles. The highest BCUT2D eigenvalue weighted by Gasteiger charge is 2.38. The van der Waals surface area contributed by atoms with Crippen molar-refractivity contribution in [3.05, 3.63) is 56.4 Å². The molecule has 1 aromatic carbocycles. The molecule has 0 amide bonds. The van der Waals surface area contributed by atoms with Crippen molar-refractivity contribution >= 4 is 47.4 Å². The molecule has 0 radical (unpaired) electrons. The maximum absolute atomic E-state index is 13.8. The number of hydrogen-bond donors (Lipinski definition) is 0. The summed E-state index contributed by atoms with van der Waals surface area (Å²) < 4.78 is 38.0. The van der Waals surface area contributed by atoms with Gasteiger partial charge >= 0.3 is 10.2 Å². The van der Waals surface area contributed by atoms with Crippen LogP contribution in [0.25, 0.3) is 0 Å². The van der Waals surface area contributed by atoms with Crippen LogP contribution in [0.2, 0.25) is 28.2 Å². The van der Waals surface area contributed by atoms with Crippen LogP contribution < -0.4 is 9.86 Å². The van der Waals surface area contributed by atoms with Gasteiger partial charge in [0.25, 0.3) is 5.56 Å². The number of rotatable bonds is 8. The van der Waals surface area contributed by atoms with E-state index in [-0.39, 0.29) is 47.4 Å². The molecule has 3 rings (SSSR count). The van der Waals surface area contributed by atoms with Crippen LogP contribution in [-0.4, -0.2) is 57.1 Å². The van der Waals surface area contributed by atoms with Crippen LogP contribution in [0.4, 0.5) is 5.69 Å². The van der Waals surface area contributed by atoms with E-state index >= 15 is 0 Å². The van der Waals surface area contributed by atoms with Crippen LogP contribution in [0.3, 0.4) is 0 Å². The van der Waals surface area contributed by atoms with Crippen LogP contribution in [0.15, 0.2) is 35.3 Å². The second-order valence-corrected chi connectivity index (χ2v) is 18.0. The summed E-state index contributed by atoms with van der Waals surface area (Å²) in [6, 6.07) is 8.23. The third-order valence-electron chi connectivity index (χ3n) is 7.12. The average Bonchev–Trinajstić information content (AvgIpc) is 2.85. The van der Waals surface area contributed by atoms with Gasteiger partial charge in [-0.15, -0.1) is 0 Å². The quantitative estimate of drug-likeness (QED) is 0.410. The van der Waals surface area contributed by atoms with Crippen LogP contribution >= 0.6 is 23.2 Å². The minimum Gasteiger partial charge on any atom is -0.415 e. The summed E-state index contributed by atoms with van der Waals surface area (Å²) in [6.45, 7) is 11.4. The number of aromatic nitrogens is 2. The highest BCUT2D eigenvalue weighted by molar-refractivity contribution is 7.90. The predicted octanol–water partition coefficient (Wildman–Crippen LogP) is 4.83. The normalized spacial score (nSPS) is 15.9. The number of anilines is 1. The van der Waals surface area contributed by atoms with E-state index in [0.717, 1.165) is 0 Å². The van der Waals surface area contributed by atoms with Crippen molar-refractivity contribution in [2.75, 3.05) is 30.5 Å². The first-order valence-corrected chi connectivity index (χ1v) is 17.1. The van der Waals surface area contributed by atoms with Crippen molar-refractivity contribution in [1.29, 1.82) is 5.26 Å². The second-order valence-electron chi connectivity index (χ2n) is 10.5. The molecule has 1 fully saturated rings. The molecule has 0 N–H and O–H groups in total. The van der Waals surface area contributed by atoms with Crippen LogP contribution in [0.1, 0.15) is 45.2 Å². The number of halogens is 2. The van der Waals surface area contributed by atoms with Crippen LogP contribution in [-0.2, 0) is 14.6 Å². The largest absolute Gasteiger partial charge is 0.415 e. The van der Waals surface area contributed by atoms with Gasteiger partial charge in [-0.1, -0.05) is 44.0 Å². The Kier molecular flexibility index (Phi) is 9.15. The van der Waals surface area contributed by atoms with Crippen molar-refractivity contribution in [2.45, 2.75) is 57.8 Å². The van der Waals surface area contributed by atoms with Gasteiger partial charge in [0.2, 0.25) is 0 Å². The molecule has 0 spiro atoms. The monoisotopic (exact) mass is 585 g/mol. The molecular weight excluding hydrogens is 553 g/mol. The molecule has 13 heteroatoms. The lowest BCUT2D eigenvalue weighted by Crippen LogP contribution is -2.50. The standard InChI is InChI=1S/C24H33Cl2N5O4SSi/c1-24(2,3)37(4,5)35-15-14-30(19-8-6-18(16-27)7-9-19)36(33,34)29-12-10-20(11-13-29)31-23(32)22(26)21(25)17-28-31/h6-9,17,20H,10-15H2,1-5H3. The van der Waals surface area contributed by atoms with E-state index in [4.69, 9.17) is 32.9 Å². The first kappa shape index (κ1) is 29.6. The molecular formula is C24H33Cl2N5O4SSi. The van der Waals surface area contributed by atoms with Gasteiger partial charge in [-0.25, -0.2) is 4.68 Å². The number of nitriles is 1. The Hall–Kier alpha value is -1.94. The molecule has 1 aromatic heterocycles. The molecule has 1 aliphatic heterocycles. The number of hydrogen-bond acceptors (Lipinski definition) is 6. The summed E-state index contributed by atoms with van der Waals surface area (Å²) in [5, 5.41) is 13.2. The molecule has 0 atom stereocenters. The number of nitrogens with zero attached hydrogens (tertiary/aromatic N) is 5. The third-order valence-corrected chi connectivity index (χ3v) is 14.4. The van der Waals surface area contributed by atoms with Gasteiger partial charge in [0.15, 0.2) is 8.32 Å². The molecule has 2 aromatic rings. The molecule has 1 aliphatic rings. The maximum Gasteiger partial charge on any atom is 0.304 e. The van der Waals surface area contributed by atoms with Gasteiger partial charge in [-0.2, -0.15) is 23.1 Å². The Morgan fingerprint density at radius 3 is 2.32 bits per heavy atom. The van der Waals surface area contributed by atoms with E-state index in [1.165, 1.54) is 19.5 Å². The summed E-state index contributed by atoms with van der Waals surface area (Å²) in [5.74, 6) is 0. The summed E-state index contributed by atoms with van der Waals surface area (Å²) in [4.78, 5) is 12.5. The summed E-state index contributed by atoms with van der Waals surface area (Å²) in [7, 11) is -6.00. The highest BCUT2D eigenvalue weighted by Crippen LogP contribution is 2.36. The third kappa shape index (κ3) is 6.56. The molecule has 9 nitrogen and oxygen atoms in total. The fourth-order valence-corrected chi connectivity index (χ4v) is 6.76. The molecule has 2 heterocycles. The van der Waals surface area contributed by atoms with E-state index in [2.05, 4.69) is 45.0 Å². The summed E-state index contributed by atoms with van der Waals surface area (Å²) in [5.41, 5.74) is 0.416. The van der Waals surface area contributed by atoms with Gasteiger partial charge in [-0.3, -0.25) is 9.10 Å². The maximum atomic E-state index is 13.8. The topological polar surface area (TPSA) is 109 Å². The zero-order chi connectivity index (χ0) is 27.6. The number of piperidine rings is 1. The lowest BCUT2D eigenvalue weighted by Gasteiger charge is -2.38. The van der Waals surface area contributed by atoms with E-state index < -0.39 is 24.1 Å². The fraction of sp³-hybridized carbons (Fsp3) is 0.542. The Bertz CT molecular complexity index is 1310. The first-order chi connectivity index (χ1) is 17.2. The van der Waals surface area contributed by atoms with Crippen LogP contribution in [0.5, 0.6) is 0 Å². The van der Waals surface area contributed by atoms with Crippen LogP contribution in [0, 0.1) is 11.3 Å². The van der Waals surface area contributed by atoms with E-state index in [1.54, 1.807) is 24.3 Å². The molecule has 37 heavy (non-hydrogen) atoms. The Morgan fingerprint density at radius 2 is 1.78 bits per heavy atom. The van der Waals surface area contributed by atoms with Crippen molar-refractivity contribution in [3.8, 4) is 6.07 Å². The molecule has 0 unspecified atom stereocenters. The zero-order valence-corrected chi connectivity index (χ0v) is 25.1. The Balaban J connectivity index is 1.81. The SMILES string of the molecule is CC(C)(C)[Si](C)(C)OCCN(c1ccc(C#N)cc1)S(=O)(=O)N1CCC(n2ncc(Cl)c(Cl)c2=O)CC1. The zero-order valence-electron chi connectivity index (χ0n) is 21.7. The van der Waals surface area contributed by atoms with E-state index in [9.17, 15) is 13.2 Å². The smallest absolute Gasteiger partial charge is 0.304 e. The highest BCUT2D eigenvalue weighted by atomic mass is 35.5. The van der Waals surface area contributed by atoms with Gasteiger partial charge in [0.1, 0.15) is 5.02 Å². The summed E-state index contributed by atoms with van der Waals surface area (Å²) >= 11 is 11.9. The van der Waals surface area contributed by atoms with Gasteiger partial charge in [0.05, 0.1) is 47.7 Å². The lowest BCUT2D eigenvalue weighted by atomic mass is 10.1.